The van der Waals surface area contributed by atoms with Gasteiger partial charge in [0.15, 0.2) is 11.9 Å². The monoisotopic (exact) mass is 446 g/mol. The van der Waals surface area contributed by atoms with Crippen LogP contribution in [0.5, 0.6) is 11.5 Å². The topological polar surface area (TPSA) is 99.9 Å². The first kappa shape index (κ1) is 21.9. The third-order valence-electron chi connectivity index (χ3n) is 5.03. The number of benzene rings is 2. The van der Waals surface area contributed by atoms with Gasteiger partial charge in [0.25, 0.3) is 5.91 Å². The molecule has 0 radical (unpaired) electrons. The lowest BCUT2D eigenvalue weighted by Crippen LogP contribution is -2.30. The van der Waals surface area contributed by atoms with Crippen LogP contribution in [0, 0.1) is 0 Å². The summed E-state index contributed by atoms with van der Waals surface area (Å²) in [7, 11) is 3.01. The molecule has 33 heavy (non-hydrogen) atoms. The van der Waals surface area contributed by atoms with E-state index < -0.39 is 18.0 Å². The molecule has 1 N–H and O–H groups in total. The summed E-state index contributed by atoms with van der Waals surface area (Å²) in [6.07, 6.45) is 0.455. The quantitative estimate of drug-likeness (QED) is 0.411. The van der Waals surface area contributed by atoms with Crippen LogP contribution >= 0.6 is 0 Å². The average Bonchev–Trinajstić information content (AvgIpc) is 3.38. The molecule has 1 atom stereocenters. The Bertz CT molecular complexity index is 1300. The van der Waals surface area contributed by atoms with Crippen molar-refractivity contribution in [2.75, 3.05) is 19.5 Å². The summed E-state index contributed by atoms with van der Waals surface area (Å²) in [6, 6.07) is 17.3. The highest BCUT2D eigenvalue weighted by atomic mass is 16.5. The Morgan fingerprint density at radius 3 is 2.55 bits per heavy atom. The van der Waals surface area contributed by atoms with Gasteiger partial charge in [-0.15, -0.1) is 0 Å². The van der Waals surface area contributed by atoms with Crippen LogP contribution in [0.3, 0.4) is 0 Å². The standard InChI is InChI=1S/C25H22N2O6/c1-15(24(28)27-20-13-16(30-2)10-11-22(20)31-3)33-25(29)18-14-21(23-9-6-12-32-23)26-19-8-5-4-7-17(18)19/h4-15H,1-3H3,(H,27,28). The molecule has 8 nitrogen and oxygen atoms in total. The van der Waals surface area contributed by atoms with Crippen LogP contribution in [-0.2, 0) is 9.53 Å². The number of esters is 1. The molecule has 8 heteroatoms. The number of carbonyl (C=O) groups excluding carboxylic acids is 2. The van der Waals surface area contributed by atoms with Gasteiger partial charge in [0.1, 0.15) is 17.2 Å². The van der Waals surface area contributed by atoms with Gasteiger partial charge in [0.2, 0.25) is 0 Å². The predicted molar refractivity (Wildman–Crippen MR) is 122 cm³/mol. The van der Waals surface area contributed by atoms with Crippen LogP contribution in [0.25, 0.3) is 22.4 Å². The molecule has 1 amide bonds. The molecular weight excluding hydrogens is 424 g/mol. The Morgan fingerprint density at radius 2 is 1.82 bits per heavy atom. The lowest BCUT2D eigenvalue weighted by atomic mass is 10.1. The minimum atomic E-state index is -1.08. The van der Waals surface area contributed by atoms with E-state index in [9.17, 15) is 9.59 Å². The minimum absolute atomic E-state index is 0.283. The number of nitrogens with zero attached hydrogens (tertiary/aromatic N) is 1. The van der Waals surface area contributed by atoms with E-state index in [1.165, 1.54) is 27.4 Å². The van der Waals surface area contributed by atoms with Crippen LogP contribution in [-0.4, -0.2) is 37.2 Å². The van der Waals surface area contributed by atoms with Crippen LogP contribution in [0.2, 0.25) is 0 Å². The van der Waals surface area contributed by atoms with Gasteiger partial charge in [-0.25, -0.2) is 9.78 Å². The molecular formula is C25H22N2O6. The summed E-state index contributed by atoms with van der Waals surface area (Å²) in [4.78, 5) is 30.4. The largest absolute Gasteiger partial charge is 0.497 e. The number of nitrogens with one attached hydrogen (secondary N) is 1. The number of anilines is 1. The van der Waals surface area contributed by atoms with Crippen molar-refractivity contribution in [1.29, 1.82) is 0 Å². The number of methoxy groups -OCH3 is 2. The zero-order chi connectivity index (χ0) is 23.4. The van der Waals surface area contributed by atoms with Crippen molar-refractivity contribution in [2.24, 2.45) is 0 Å². The highest BCUT2D eigenvalue weighted by Crippen LogP contribution is 2.29. The van der Waals surface area contributed by atoms with Crippen molar-refractivity contribution in [3.8, 4) is 23.0 Å². The SMILES string of the molecule is COc1ccc(OC)c(NC(=O)C(C)OC(=O)c2cc(-c3ccco3)nc3ccccc23)c1. The van der Waals surface area contributed by atoms with E-state index in [1.54, 1.807) is 54.6 Å². The molecule has 0 aliphatic heterocycles. The Labute approximate surface area is 190 Å². The van der Waals surface area contributed by atoms with Gasteiger partial charge < -0.3 is 23.9 Å². The van der Waals surface area contributed by atoms with Gasteiger partial charge in [0.05, 0.1) is 37.3 Å². The highest BCUT2D eigenvalue weighted by Gasteiger charge is 2.23. The van der Waals surface area contributed by atoms with E-state index in [-0.39, 0.29) is 5.56 Å². The molecule has 0 aliphatic rings. The van der Waals surface area contributed by atoms with Crippen molar-refractivity contribution in [3.05, 3.63) is 72.5 Å². The summed E-state index contributed by atoms with van der Waals surface area (Å²) < 4.78 is 21.4. The molecule has 2 aromatic carbocycles. The lowest BCUT2D eigenvalue weighted by Gasteiger charge is -2.16. The third-order valence-corrected chi connectivity index (χ3v) is 5.03. The Balaban J connectivity index is 1.58. The summed E-state index contributed by atoms with van der Waals surface area (Å²) in [6.45, 7) is 1.50. The van der Waals surface area contributed by atoms with Gasteiger partial charge in [-0.3, -0.25) is 4.79 Å². The molecule has 0 spiro atoms. The normalized spacial score (nSPS) is 11.6. The molecule has 1 unspecified atom stereocenters. The zero-order valence-electron chi connectivity index (χ0n) is 18.3. The maximum Gasteiger partial charge on any atom is 0.339 e. The number of hydrogen-bond acceptors (Lipinski definition) is 7. The lowest BCUT2D eigenvalue weighted by molar-refractivity contribution is -0.123. The Kier molecular flexibility index (Phi) is 6.26. The Hall–Kier alpha value is -4.33. The second-order valence-corrected chi connectivity index (χ2v) is 7.15. The van der Waals surface area contributed by atoms with E-state index in [4.69, 9.17) is 18.6 Å². The fraction of sp³-hybridized carbons (Fsp3) is 0.160. The summed E-state index contributed by atoms with van der Waals surface area (Å²) in [5.74, 6) is 0.349. The van der Waals surface area contributed by atoms with Gasteiger partial charge >= 0.3 is 5.97 Å². The Morgan fingerprint density at radius 1 is 1.00 bits per heavy atom. The first-order valence-corrected chi connectivity index (χ1v) is 10.2. The van der Waals surface area contributed by atoms with Gasteiger partial charge in [-0.2, -0.15) is 0 Å². The minimum Gasteiger partial charge on any atom is -0.497 e. The molecule has 0 saturated heterocycles. The smallest absolute Gasteiger partial charge is 0.339 e. The van der Waals surface area contributed by atoms with E-state index in [2.05, 4.69) is 10.3 Å². The molecule has 0 fully saturated rings. The molecule has 2 heterocycles. The molecule has 0 bridgehead atoms. The second-order valence-electron chi connectivity index (χ2n) is 7.15. The van der Waals surface area contributed by atoms with Gasteiger partial charge in [-0.1, -0.05) is 18.2 Å². The van der Waals surface area contributed by atoms with Gasteiger partial charge in [0, 0.05) is 11.5 Å². The van der Waals surface area contributed by atoms with E-state index in [0.29, 0.717) is 39.5 Å². The number of ether oxygens (including phenoxy) is 3. The summed E-state index contributed by atoms with van der Waals surface area (Å²) in [5.41, 5.74) is 1.78. The summed E-state index contributed by atoms with van der Waals surface area (Å²) in [5, 5.41) is 3.33. The number of rotatable bonds is 7. The number of carbonyl (C=O) groups is 2. The fourth-order valence-corrected chi connectivity index (χ4v) is 3.32. The number of pyridine rings is 1. The molecule has 168 valence electrons. The van der Waals surface area contributed by atoms with Crippen molar-refractivity contribution >= 4 is 28.5 Å². The van der Waals surface area contributed by atoms with Crippen molar-refractivity contribution in [3.63, 3.8) is 0 Å². The van der Waals surface area contributed by atoms with Crippen molar-refractivity contribution in [1.82, 2.24) is 4.98 Å². The first-order valence-electron chi connectivity index (χ1n) is 10.2. The maximum atomic E-state index is 13.1. The number of fused-ring (bicyclic) bond motifs is 1. The van der Waals surface area contributed by atoms with E-state index in [0.717, 1.165) is 0 Å². The average molecular weight is 446 g/mol. The van der Waals surface area contributed by atoms with Gasteiger partial charge in [-0.05, 0) is 43.3 Å². The molecule has 2 aromatic heterocycles. The summed E-state index contributed by atoms with van der Waals surface area (Å²) >= 11 is 0. The third kappa shape index (κ3) is 4.64. The first-order chi connectivity index (χ1) is 16.0. The van der Waals surface area contributed by atoms with Crippen molar-refractivity contribution in [2.45, 2.75) is 13.0 Å². The molecule has 0 saturated carbocycles. The number of para-hydroxylation sites is 1. The van der Waals surface area contributed by atoms with Crippen LogP contribution in [0.1, 0.15) is 17.3 Å². The highest BCUT2D eigenvalue weighted by molar-refractivity contribution is 6.06. The van der Waals surface area contributed by atoms with Crippen LogP contribution in [0.15, 0.2) is 71.3 Å². The van der Waals surface area contributed by atoms with E-state index in [1.807, 2.05) is 6.07 Å². The van der Waals surface area contributed by atoms with E-state index >= 15 is 0 Å². The molecule has 0 aliphatic carbocycles. The zero-order valence-corrected chi connectivity index (χ0v) is 18.3. The maximum absolute atomic E-state index is 13.1. The number of hydrogen-bond donors (Lipinski definition) is 1. The number of furan rings is 1. The fourth-order valence-electron chi connectivity index (χ4n) is 3.32. The molecule has 4 aromatic rings. The second kappa shape index (κ2) is 9.44. The molecule has 4 rings (SSSR count). The number of aromatic nitrogens is 1. The number of amides is 1. The van der Waals surface area contributed by atoms with Crippen molar-refractivity contribution < 1.29 is 28.2 Å². The predicted octanol–water partition coefficient (Wildman–Crippen LogP) is 4.70. The van der Waals surface area contributed by atoms with Crippen LogP contribution < -0.4 is 14.8 Å². The van der Waals surface area contributed by atoms with Crippen LogP contribution in [0.4, 0.5) is 5.69 Å².